The molecular formula is C10H11BrClNO2. The lowest BCUT2D eigenvalue weighted by molar-refractivity contribution is -0.142. The zero-order valence-electron chi connectivity index (χ0n) is 8.22. The number of nitrogens with two attached hydrogens (primary N) is 1. The maximum absolute atomic E-state index is 11.3. The zero-order chi connectivity index (χ0) is 11.4. The average Bonchev–Trinajstić information content (AvgIpc) is 2.13. The molecule has 0 unspecified atom stereocenters. The van der Waals surface area contributed by atoms with Gasteiger partial charge in [0.1, 0.15) is 0 Å². The van der Waals surface area contributed by atoms with Crippen molar-refractivity contribution in [3.05, 3.63) is 27.2 Å². The number of carbonyl (C=O) groups is 1. The molecule has 0 fully saturated rings. The fourth-order valence-electron chi connectivity index (χ4n) is 1.17. The molecule has 0 saturated carbocycles. The predicted octanol–water partition coefficient (Wildman–Crippen LogP) is 2.79. The van der Waals surface area contributed by atoms with Gasteiger partial charge in [-0.1, -0.05) is 11.6 Å². The molecule has 5 heteroatoms. The van der Waals surface area contributed by atoms with Gasteiger partial charge in [0.15, 0.2) is 0 Å². The molecule has 0 spiro atoms. The zero-order valence-corrected chi connectivity index (χ0v) is 10.6. The second-order valence-corrected chi connectivity index (χ2v) is 4.16. The van der Waals surface area contributed by atoms with Crippen LogP contribution < -0.4 is 5.73 Å². The van der Waals surface area contributed by atoms with Crippen LogP contribution in [0.15, 0.2) is 16.6 Å². The Hall–Kier alpha value is -0.740. The van der Waals surface area contributed by atoms with E-state index >= 15 is 0 Å². The van der Waals surface area contributed by atoms with E-state index in [-0.39, 0.29) is 12.4 Å². The number of nitrogen functional groups attached to an aromatic ring is 1. The first-order chi connectivity index (χ1) is 7.04. The van der Waals surface area contributed by atoms with Gasteiger partial charge >= 0.3 is 5.97 Å². The van der Waals surface area contributed by atoms with Crippen LogP contribution in [0.1, 0.15) is 12.5 Å². The Labute approximate surface area is 102 Å². The molecule has 0 aliphatic carbocycles. The van der Waals surface area contributed by atoms with E-state index in [0.29, 0.717) is 21.8 Å². The summed E-state index contributed by atoms with van der Waals surface area (Å²) < 4.78 is 5.52. The summed E-state index contributed by atoms with van der Waals surface area (Å²) in [7, 11) is 0. The number of benzene rings is 1. The van der Waals surface area contributed by atoms with Crippen LogP contribution in [0.25, 0.3) is 0 Å². The standard InChI is InChI=1S/C10H11BrClNO2/c1-2-15-9(14)4-6-3-7(13)5-8(12)10(6)11/h3,5H,2,4,13H2,1H3. The summed E-state index contributed by atoms with van der Waals surface area (Å²) in [4.78, 5) is 11.3. The minimum Gasteiger partial charge on any atom is -0.466 e. The summed E-state index contributed by atoms with van der Waals surface area (Å²) in [5.74, 6) is -0.292. The van der Waals surface area contributed by atoms with Gasteiger partial charge in [0.25, 0.3) is 0 Å². The highest BCUT2D eigenvalue weighted by Crippen LogP contribution is 2.29. The quantitative estimate of drug-likeness (QED) is 0.688. The van der Waals surface area contributed by atoms with E-state index in [9.17, 15) is 4.79 Å². The van der Waals surface area contributed by atoms with Gasteiger partial charge in [0.2, 0.25) is 0 Å². The van der Waals surface area contributed by atoms with Crippen molar-refractivity contribution in [3.63, 3.8) is 0 Å². The van der Waals surface area contributed by atoms with Gasteiger partial charge in [0.05, 0.1) is 18.1 Å². The highest BCUT2D eigenvalue weighted by atomic mass is 79.9. The van der Waals surface area contributed by atoms with Crippen LogP contribution in [-0.4, -0.2) is 12.6 Å². The van der Waals surface area contributed by atoms with Crippen molar-refractivity contribution in [2.45, 2.75) is 13.3 Å². The van der Waals surface area contributed by atoms with Crippen molar-refractivity contribution < 1.29 is 9.53 Å². The first-order valence-corrected chi connectivity index (χ1v) is 5.60. The topological polar surface area (TPSA) is 52.3 Å². The number of halogens is 2. The molecule has 0 heterocycles. The molecule has 0 saturated heterocycles. The van der Waals surface area contributed by atoms with Gasteiger partial charge < -0.3 is 10.5 Å². The van der Waals surface area contributed by atoms with Gasteiger partial charge in [-0.05, 0) is 40.5 Å². The fourth-order valence-corrected chi connectivity index (χ4v) is 1.78. The average molecular weight is 293 g/mol. The summed E-state index contributed by atoms with van der Waals surface area (Å²) in [5.41, 5.74) is 6.89. The van der Waals surface area contributed by atoms with Crippen molar-refractivity contribution in [1.29, 1.82) is 0 Å². The molecule has 0 aliphatic rings. The van der Waals surface area contributed by atoms with Crippen LogP contribution in [0.4, 0.5) is 5.69 Å². The van der Waals surface area contributed by atoms with E-state index < -0.39 is 0 Å². The van der Waals surface area contributed by atoms with Gasteiger partial charge in [-0.25, -0.2) is 0 Å². The summed E-state index contributed by atoms with van der Waals surface area (Å²) >= 11 is 9.20. The van der Waals surface area contributed by atoms with Crippen LogP contribution in [0.2, 0.25) is 5.02 Å². The van der Waals surface area contributed by atoms with Crippen LogP contribution in [0.5, 0.6) is 0 Å². The Balaban J connectivity index is 2.89. The molecule has 15 heavy (non-hydrogen) atoms. The molecule has 82 valence electrons. The number of ether oxygens (including phenoxy) is 1. The van der Waals surface area contributed by atoms with Gasteiger partial charge in [-0.3, -0.25) is 4.79 Å². The maximum atomic E-state index is 11.3. The van der Waals surface area contributed by atoms with Crippen molar-refractivity contribution >= 4 is 39.2 Å². The van der Waals surface area contributed by atoms with E-state index in [4.69, 9.17) is 22.1 Å². The Morgan fingerprint density at radius 3 is 2.87 bits per heavy atom. The predicted molar refractivity (Wildman–Crippen MR) is 63.9 cm³/mol. The smallest absolute Gasteiger partial charge is 0.310 e. The lowest BCUT2D eigenvalue weighted by Gasteiger charge is -2.07. The normalized spacial score (nSPS) is 10.1. The Kier molecular flexibility index (Phi) is 4.42. The molecule has 0 radical (unpaired) electrons. The van der Waals surface area contributed by atoms with Gasteiger partial charge in [0, 0.05) is 10.2 Å². The highest BCUT2D eigenvalue weighted by Gasteiger charge is 2.10. The maximum Gasteiger partial charge on any atom is 0.310 e. The summed E-state index contributed by atoms with van der Waals surface area (Å²) in [6.45, 7) is 2.13. The molecule has 0 aromatic heterocycles. The molecule has 1 aromatic carbocycles. The SMILES string of the molecule is CCOC(=O)Cc1cc(N)cc(Cl)c1Br. The Morgan fingerprint density at radius 2 is 2.27 bits per heavy atom. The molecule has 0 amide bonds. The summed E-state index contributed by atoms with van der Waals surface area (Å²) in [6, 6.07) is 3.33. The molecule has 1 aromatic rings. The number of carbonyl (C=O) groups excluding carboxylic acids is 1. The molecular weight excluding hydrogens is 281 g/mol. The fraction of sp³-hybridized carbons (Fsp3) is 0.300. The third-order valence-electron chi connectivity index (χ3n) is 1.77. The second kappa shape index (κ2) is 5.37. The lowest BCUT2D eigenvalue weighted by Crippen LogP contribution is -2.08. The van der Waals surface area contributed by atoms with E-state index in [1.54, 1.807) is 19.1 Å². The van der Waals surface area contributed by atoms with Gasteiger partial charge in [-0.2, -0.15) is 0 Å². The minimum absolute atomic E-state index is 0.166. The monoisotopic (exact) mass is 291 g/mol. The molecule has 2 N–H and O–H groups in total. The van der Waals surface area contributed by atoms with Crippen LogP contribution in [-0.2, 0) is 16.0 Å². The molecule has 0 atom stereocenters. The Bertz CT molecular complexity index is 382. The number of hydrogen-bond donors (Lipinski definition) is 1. The van der Waals surface area contributed by atoms with E-state index in [0.717, 1.165) is 5.56 Å². The van der Waals surface area contributed by atoms with Crippen LogP contribution in [0.3, 0.4) is 0 Å². The second-order valence-electron chi connectivity index (χ2n) is 2.96. The summed E-state index contributed by atoms with van der Waals surface area (Å²) in [5, 5.41) is 0.495. The summed E-state index contributed by atoms with van der Waals surface area (Å²) in [6.07, 6.45) is 0.166. The van der Waals surface area contributed by atoms with Crippen molar-refractivity contribution in [1.82, 2.24) is 0 Å². The third-order valence-corrected chi connectivity index (χ3v) is 3.23. The van der Waals surface area contributed by atoms with Crippen molar-refractivity contribution in [2.24, 2.45) is 0 Å². The van der Waals surface area contributed by atoms with Crippen LogP contribution >= 0.6 is 27.5 Å². The van der Waals surface area contributed by atoms with E-state index in [2.05, 4.69) is 15.9 Å². The third kappa shape index (κ3) is 3.39. The number of hydrogen-bond acceptors (Lipinski definition) is 3. The molecule has 0 aliphatic heterocycles. The number of esters is 1. The van der Waals surface area contributed by atoms with Crippen molar-refractivity contribution in [2.75, 3.05) is 12.3 Å². The highest BCUT2D eigenvalue weighted by molar-refractivity contribution is 9.10. The first kappa shape index (κ1) is 12.3. The molecule has 1 rings (SSSR count). The van der Waals surface area contributed by atoms with E-state index in [1.165, 1.54) is 0 Å². The first-order valence-electron chi connectivity index (χ1n) is 4.43. The lowest BCUT2D eigenvalue weighted by atomic mass is 10.1. The van der Waals surface area contributed by atoms with E-state index in [1.807, 2.05) is 0 Å². The minimum atomic E-state index is -0.292. The number of rotatable bonds is 3. The van der Waals surface area contributed by atoms with Crippen molar-refractivity contribution in [3.8, 4) is 0 Å². The molecule has 3 nitrogen and oxygen atoms in total. The number of anilines is 1. The van der Waals surface area contributed by atoms with Gasteiger partial charge in [-0.15, -0.1) is 0 Å². The Morgan fingerprint density at radius 1 is 1.60 bits per heavy atom. The molecule has 0 bridgehead atoms. The largest absolute Gasteiger partial charge is 0.466 e. The van der Waals surface area contributed by atoms with Crippen LogP contribution in [0, 0.1) is 0 Å².